The van der Waals surface area contributed by atoms with Gasteiger partial charge in [-0.25, -0.2) is 0 Å². The van der Waals surface area contributed by atoms with Crippen molar-refractivity contribution in [3.05, 3.63) is 105 Å². The minimum absolute atomic E-state index is 0.385. The highest BCUT2D eigenvalue weighted by Crippen LogP contribution is 2.36. The third kappa shape index (κ3) is 4.96. The highest BCUT2D eigenvalue weighted by molar-refractivity contribution is 9.10. The minimum Gasteiger partial charge on any atom is -0.493 e. The first-order chi connectivity index (χ1) is 15.6. The fourth-order valence-electron chi connectivity index (χ4n) is 3.37. The summed E-state index contributed by atoms with van der Waals surface area (Å²) in [6.45, 7) is 0.385. The van der Waals surface area contributed by atoms with Gasteiger partial charge in [0.15, 0.2) is 11.5 Å². The molecule has 0 bridgehead atoms. The summed E-state index contributed by atoms with van der Waals surface area (Å²) in [5.74, 6) is 1.19. The van der Waals surface area contributed by atoms with Crippen LogP contribution in [-0.4, -0.2) is 7.11 Å². The van der Waals surface area contributed by atoms with Gasteiger partial charge in [0.25, 0.3) is 0 Å². The number of hydrogen-bond acceptors (Lipinski definition) is 3. The predicted molar refractivity (Wildman–Crippen MR) is 134 cm³/mol. The van der Waals surface area contributed by atoms with E-state index in [1.54, 1.807) is 7.11 Å². The molecule has 3 nitrogen and oxygen atoms in total. The standard InChI is InChI=1S/C27H19BrClNO2/c1-31-26-14-22(25(28)15-27(26)32-17-18-6-10-24(29)11-7-18)13-23(16-30)21-9-8-19-4-2-3-5-20(19)12-21/h2-15H,17H2,1H3/b23-13-. The smallest absolute Gasteiger partial charge is 0.162 e. The first-order valence-corrected chi connectivity index (χ1v) is 11.1. The molecule has 0 aliphatic rings. The number of fused-ring (bicyclic) bond motifs is 1. The van der Waals surface area contributed by atoms with E-state index in [0.29, 0.717) is 28.7 Å². The first kappa shape index (κ1) is 22.0. The normalized spacial score (nSPS) is 11.2. The molecule has 0 aromatic heterocycles. The van der Waals surface area contributed by atoms with Gasteiger partial charge in [-0.1, -0.05) is 76.1 Å². The van der Waals surface area contributed by atoms with Crippen LogP contribution in [0, 0.1) is 11.3 Å². The van der Waals surface area contributed by atoms with Crippen molar-refractivity contribution in [2.45, 2.75) is 6.61 Å². The van der Waals surface area contributed by atoms with Gasteiger partial charge >= 0.3 is 0 Å². The molecule has 0 N–H and O–H groups in total. The molecule has 4 rings (SSSR count). The Morgan fingerprint density at radius 1 is 0.969 bits per heavy atom. The lowest BCUT2D eigenvalue weighted by molar-refractivity contribution is 0.284. The molecular weight excluding hydrogens is 486 g/mol. The zero-order chi connectivity index (χ0) is 22.5. The lowest BCUT2D eigenvalue weighted by Crippen LogP contribution is -1.98. The molecule has 4 aromatic rings. The largest absolute Gasteiger partial charge is 0.493 e. The molecule has 158 valence electrons. The monoisotopic (exact) mass is 503 g/mol. The van der Waals surface area contributed by atoms with Gasteiger partial charge in [0, 0.05) is 9.50 Å². The topological polar surface area (TPSA) is 42.2 Å². The Labute approximate surface area is 200 Å². The van der Waals surface area contributed by atoms with Crippen molar-refractivity contribution in [1.82, 2.24) is 0 Å². The number of nitriles is 1. The highest BCUT2D eigenvalue weighted by atomic mass is 79.9. The number of rotatable bonds is 6. The first-order valence-electron chi connectivity index (χ1n) is 9.93. The van der Waals surface area contributed by atoms with Gasteiger partial charge in [0.2, 0.25) is 0 Å². The third-order valence-electron chi connectivity index (χ3n) is 5.07. The number of allylic oxidation sites excluding steroid dienone is 1. The Hall–Kier alpha value is -3.26. The van der Waals surface area contributed by atoms with Gasteiger partial charge in [-0.3, -0.25) is 0 Å². The SMILES string of the molecule is COc1cc(/C=C(/C#N)c2ccc3ccccc3c2)c(Br)cc1OCc1ccc(Cl)cc1. The van der Waals surface area contributed by atoms with E-state index in [9.17, 15) is 5.26 Å². The Balaban J connectivity index is 1.64. The molecule has 0 saturated carbocycles. The lowest BCUT2D eigenvalue weighted by atomic mass is 10.00. The van der Waals surface area contributed by atoms with Gasteiger partial charge in [-0.2, -0.15) is 5.26 Å². The average Bonchev–Trinajstić information content (AvgIpc) is 2.82. The Bertz CT molecular complexity index is 1340. The van der Waals surface area contributed by atoms with E-state index in [1.165, 1.54) is 0 Å². The number of halogens is 2. The van der Waals surface area contributed by atoms with Crippen LogP contribution in [0.5, 0.6) is 11.5 Å². The molecule has 4 aromatic carbocycles. The van der Waals surface area contributed by atoms with Crippen LogP contribution in [0.15, 0.2) is 83.3 Å². The molecule has 0 heterocycles. The molecule has 32 heavy (non-hydrogen) atoms. The minimum atomic E-state index is 0.385. The Kier molecular flexibility index (Phi) is 6.80. The number of hydrogen-bond donors (Lipinski definition) is 0. The fraction of sp³-hybridized carbons (Fsp3) is 0.0741. The highest BCUT2D eigenvalue weighted by Gasteiger charge is 2.12. The zero-order valence-corrected chi connectivity index (χ0v) is 19.7. The number of benzene rings is 4. The van der Waals surface area contributed by atoms with Crippen molar-refractivity contribution in [3.8, 4) is 17.6 Å². The summed E-state index contributed by atoms with van der Waals surface area (Å²) in [4.78, 5) is 0. The average molecular weight is 505 g/mol. The van der Waals surface area contributed by atoms with Gasteiger partial charge < -0.3 is 9.47 Å². The second kappa shape index (κ2) is 9.91. The van der Waals surface area contributed by atoms with E-state index in [-0.39, 0.29) is 0 Å². The molecule has 5 heteroatoms. The maximum absolute atomic E-state index is 9.82. The van der Waals surface area contributed by atoms with Crippen molar-refractivity contribution < 1.29 is 9.47 Å². The molecule has 0 fully saturated rings. The van der Waals surface area contributed by atoms with E-state index in [0.717, 1.165) is 31.9 Å². The maximum Gasteiger partial charge on any atom is 0.162 e. The predicted octanol–water partition coefficient (Wildman–Crippen LogP) is 7.91. The molecular formula is C27H19BrClNO2. The Morgan fingerprint density at radius 3 is 2.44 bits per heavy atom. The van der Waals surface area contributed by atoms with Gasteiger partial charge in [-0.15, -0.1) is 0 Å². The number of nitrogens with zero attached hydrogens (tertiary/aromatic N) is 1. The molecule has 0 amide bonds. The fourth-order valence-corrected chi connectivity index (χ4v) is 3.93. The van der Waals surface area contributed by atoms with Crippen LogP contribution in [0.2, 0.25) is 5.02 Å². The van der Waals surface area contributed by atoms with E-state index >= 15 is 0 Å². The van der Waals surface area contributed by atoms with Crippen LogP contribution in [0.3, 0.4) is 0 Å². The second-order valence-corrected chi connectivity index (χ2v) is 8.46. The van der Waals surface area contributed by atoms with Crippen LogP contribution in [0.25, 0.3) is 22.4 Å². The van der Waals surface area contributed by atoms with E-state index in [4.69, 9.17) is 21.1 Å². The van der Waals surface area contributed by atoms with Crippen molar-refractivity contribution in [2.75, 3.05) is 7.11 Å². The summed E-state index contributed by atoms with van der Waals surface area (Å²) in [6.07, 6.45) is 1.85. The molecule has 0 saturated heterocycles. The summed E-state index contributed by atoms with van der Waals surface area (Å²) in [5, 5.41) is 12.7. The Morgan fingerprint density at radius 2 is 1.72 bits per heavy atom. The lowest BCUT2D eigenvalue weighted by Gasteiger charge is -2.13. The molecule has 0 radical (unpaired) electrons. The van der Waals surface area contributed by atoms with Crippen LogP contribution in [0.1, 0.15) is 16.7 Å². The van der Waals surface area contributed by atoms with Gasteiger partial charge in [0.1, 0.15) is 6.61 Å². The van der Waals surface area contributed by atoms with Crippen molar-refractivity contribution in [3.63, 3.8) is 0 Å². The quantitative estimate of drug-likeness (QED) is 0.198. The van der Waals surface area contributed by atoms with E-state index in [2.05, 4.69) is 28.1 Å². The summed E-state index contributed by atoms with van der Waals surface area (Å²) in [5.41, 5.74) is 3.25. The van der Waals surface area contributed by atoms with Crippen LogP contribution in [0.4, 0.5) is 0 Å². The van der Waals surface area contributed by atoms with Crippen molar-refractivity contribution >= 4 is 50.0 Å². The maximum atomic E-state index is 9.82. The summed E-state index contributed by atoms with van der Waals surface area (Å²) in [6, 6.07) is 27.6. The summed E-state index contributed by atoms with van der Waals surface area (Å²) >= 11 is 9.55. The number of methoxy groups -OCH3 is 1. The van der Waals surface area contributed by atoms with Crippen LogP contribution in [-0.2, 0) is 6.61 Å². The molecule has 0 unspecified atom stereocenters. The van der Waals surface area contributed by atoms with Crippen molar-refractivity contribution in [2.24, 2.45) is 0 Å². The molecule has 0 atom stereocenters. The zero-order valence-electron chi connectivity index (χ0n) is 17.3. The van der Waals surface area contributed by atoms with E-state index in [1.807, 2.05) is 78.9 Å². The summed E-state index contributed by atoms with van der Waals surface area (Å²) < 4.78 is 12.3. The van der Waals surface area contributed by atoms with Crippen molar-refractivity contribution in [1.29, 1.82) is 5.26 Å². The third-order valence-corrected chi connectivity index (χ3v) is 6.01. The van der Waals surface area contributed by atoms with Crippen LogP contribution < -0.4 is 9.47 Å². The molecule has 0 aliphatic carbocycles. The van der Waals surface area contributed by atoms with Gasteiger partial charge in [-0.05, 0) is 63.9 Å². The molecule has 0 spiro atoms. The van der Waals surface area contributed by atoms with E-state index < -0.39 is 0 Å². The van der Waals surface area contributed by atoms with Gasteiger partial charge in [0.05, 0.1) is 18.8 Å². The molecule has 0 aliphatic heterocycles. The van der Waals surface area contributed by atoms with Crippen LogP contribution >= 0.6 is 27.5 Å². The summed E-state index contributed by atoms with van der Waals surface area (Å²) in [7, 11) is 1.60. The second-order valence-electron chi connectivity index (χ2n) is 7.17. The number of ether oxygens (including phenoxy) is 2.